The number of nitrogens with zero attached hydrogens (tertiary/aromatic N) is 2. The maximum Gasteiger partial charge on any atom is 0.407 e. The molecule has 0 saturated heterocycles. The maximum atomic E-state index is 12.7. The van der Waals surface area contributed by atoms with Crippen LogP contribution in [-0.4, -0.2) is 56.0 Å². The van der Waals surface area contributed by atoms with E-state index >= 15 is 0 Å². The van der Waals surface area contributed by atoms with Gasteiger partial charge in [0, 0.05) is 17.8 Å². The van der Waals surface area contributed by atoms with Crippen LogP contribution < -0.4 is 5.32 Å². The molecule has 3 rings (SSSR count). The number of alkyl carbamates (subject to hydrolysis) is 1. The summed E-state index contributed by atoms with van der Waals surface area (Å²) in [5, 5.41) is 24.3. The summed E-state index contributed by atoms with van der Waals surface area (Å²) < 4.78 is 5.35. The van der Waals surface area contributed by atoms with Crippen molar-refractivity contribution in [1.82, 2.24) is 15.2 Å². The second-order valence-corrected chi connectivity index (χ2v) is 10.9. The van der Waals surface area contributed by atoms with Crippen LogP contribution in [0.3, 0.4) is 0 Å². The summed E-state index contributed by atoms with van der Waals surface area (Å²) >= 11 is 1.38. The molecule has 37 heavy (non-hydrogen) atoms. The van der Waals surface area contributed by atoms with Gasteiger partial charge in [0.15, 0.2) is 0 Å². The smallest absolute Gasteiger partial charge is 0.407 e. The van der Waals surface area contributed by atoms with E-state index in [9.17, 15) is 19.8 Å². The lowest BCUT2D eigenvalue weighted by Gasteiger charge is -2.41. The molecule has 1 aromatic heterocycles. The molecule has 3 N–H and O–H groups in total. The predicted molar refractivity (Wildman–Crippen MR) is 144 cm³/mol. The number of aliphatic hydroxyl groups is 1. The van der Waals surface area contributed by atoms with Gasteiger partial charge in [-0.3, -0.25) is 4.98 Å². The van der Waals surface area contributed by atoms with Crippen LogP contribution in [0, 0.1) is 0 Å². The van der Waals surface area contributed by atoms with Crippen LogP contribution in [0.1, 0.15) is 43.2 Å². The Kier molecular flexibility index (Phi) is 10.0. The van der Waals surface area contributed by atoms with Gasteiger partial charge in [-0.1, -0.05) is 60.7 Å². The summed E-state index contributed by atoms with van der Waals surface area (Å²) in [5.74, 6) is 0. The van der Waals surface area contributed by atoms with Crippen molar-refractivity contribution in [2.24, 2.45) is 0 Å². The Hall–Kier alpha value is -3.43. The van der Waals surface area contributed by atoms with E-state index in [1.54, 1.807) is 11.7 Å². The van der Waals surface area contributed by atoms with Gasteiger partial charge in [0.25, 0.3) is 0 Å². The minimum absolute atomic E-state index is 0.0814. The Labute approximate surface area is 221 Å². The zero-order chi connectivity index (χ0) is 26.8. The van der Waals surface area contributed by atoms with Crippen LogP contribution >= 0.6 is 11.3 Å². The molecule has 0 unspecified atom stereocenters. The molecule has 0 fully saturated rings. The van der Waals surface area contributed by atoms with E-state index in [1.807, 2.05) is 81.4 Å². The fourth-order valence-electron chi connectivity index (χ4n) is 4.39. The molecule has 0 radical (unpaired) electrons. The third kappa shape index (κ3) is 8.87. The van der Waals surface area contributed by atoms with Crippen molar-refractivity contribution >= 4 is 23.5 Å². The van der Waals surface area contributed by atoms with Crippen molar-refractivity contribution in [2.75, 3.05) is 0 Å². The van der Waals surface area contributed by atoms with Gasteiger partial charge in [-0.15, -0.1) is 11.3 Å². The molecular weight excluding hydrogens is 490 g/mol. The minimum atomic E-state index is -1.06. The van der Waals surface area contributed by atoms with Gasteiger partial charge in [0.1, 0.15) is 6.61 Å². The number of rotatable bonds is 11. The fourth-order valence-corrected chi connectivity index (χ4v) is 4.90. The standard InChI is InChI=1S/C28H35N3O5S/c1-28(2,3)31(27(34)35)22(14-20-10-6-4-7-11-20)16-25(32)24(15-21-12-8-5-9-13-21)30-26(33)36-18-23-17-29-19-37-23/h4-13,17,19,22,24-25,32H,14-16,18H2,1-3H3,(H,30,33)(H,34,35)/t22-,24-,25-/m0/s1. The molecule has 8 nitrogen and oxygen atoms in total. The summed E-state index contributed by atoms with van der Waals surface area (Å²) in [6.07, 6.45) is -0.195. The maximum absolute atomic E-state index is 12.7. The molecule has 0 spiro atoms. The molecule has 0 aliphatic heterocycles. The highest BCUT2D eigenvalue weighted by Gasteiger charge is 2.36. The first kappa shape index (κ1) is 28.1. The first-order chi connectivity index (χ1) is 17.6. The molecule has 0 saturated carbocycles. The first-order valence-corrected chi connectivity index (χ1v) is 13.1. The van der Waals surface area contributed by atoms with Crippen LogP contribution in [0.5, 0.6) is 0 Å². The number of carbonyl (C=O) groups excluding carboxylic acids is 1. The van der Waals surface area contributed by atoms with Gasteiger partial charge in [0.05, 0.1) is 22.5 Å². The van der Waals surface area contributed by atoms with Gasteiger partial charge in [-0.05, 0) is 51.2 Å². The molecule has 0 aliphatic carbocycles. The summed E-state index contributed by atoms with van der Waals surface area (Å²) in [5.41, 5.74) is 2.86. The second-order valence-electron chi connectivity index (χ2n) is 9.95. The lowest BCUT2D eigenvalue weighted by Crippen LogP contribution is -2.55. The summed E-state index contributed by atoms with van der Waals surface area (Å²) in [4.78, 5) is 31.2. The van der Waals surface area contributed by atoms with Crippen LogP contribution in [-0.2, 0) is 24.2 Å². The Morgan fingerprint density at radius 2 is 1.62 bits per heavy atom. The van der Waals surface area contributed by atoms with E-state index < -0.39 is 35.9 Å². The molecule has 0 aliphatic rings. The number of carboxylic acid groups (broad SMARTS) is 1. The average Bonchev–Trinajstić information content (AvgIpc) is 3.36. The normalized spacial score (nSPS) is 13.8. The van der Waals surface area contributed by atoms with E-state index in [0.717, 1.165) is 16.0 Å². The van der Waals surface area contributed by atoms with E-state index in [1.165, 1.54) is 16.2 Å². The summed E-state index contributed by atoms with van der Waals surface area (Å²) in [7, 11) is 0. The Morgan fingerprint density at radius 1 is 1.03 bits per heavy atom. The summed E-state index contributed by atoms with van der Waals surface area (Å²) in [6.45, 7) is 5.59. The fraction of sp³-hybridized carbons (Fsp3) is 0.393. The highest BCUT2D eigenvalue weighted by Crippen LogP contribution is 2.25. The zero-order valence-electron chi connectivity index (χ0n) is 21.4. The predicted octanol–water partition coefficient (Wildman–Crippen LogP) is 5.12. The Morgan fingerprint density at radius 3 is 2.14 bits per heavy atom. The number of hydrogen-bond acceptors (Lipinski definition) is 6. The van der Waals surface area contributed by atoms with Crippen molar-refractivity contribution in [1.29, 1.82) is 0 Å². The van der Waals surface area contributed by atoms with Gasteiger partial charge in [-0.25, -0.2) is 9.59 Å². The lowest BCUT2D eigenvalue weighted by molar-refractivity contribution is 0.0334. The van der Waals surface area contributed by atoms with Gasteiger partial charge < -0.3 is 25.2 Å². The molecule has 9 heteroatoms. The largest absolute Gasteiger partial charge is 0.465 e. The van der Waals surface area contributed by atoms with E-state index in [2.05, 4.69) is 10.3 Å². The first-order valence-electron chi connectivity index (χ1n) is 12.2. The van der Waals surface area contributed by atoms with E-state index in [4.69, 9.17) is 4.74 Å². The number of nitrogens with one attached hydrogen (secondary N) is 1. The topological polar surface area (TPSA) is 112 Å². The van der Waals surface area contributed by atoms with Crippen molar-refractivity contribution in [2.45, 2.75) is 70.4 Å². The number of benzene rings is 2. The van der Waals surface area contributed by atoms with Gasteiger partial charge in [-0.2, -0.15) is 0 Å². The molecule has 3 aromatic rings. The van der Waals surface area contributed by atoms with Crippen LogP contribution in [0.4, 0.5) is 9.59 Å². The quantitative estimate of drug-likeness (QED) is 0.320. The lowest BCUT2D eigenvalue weighted by atomic mass is 9.90. The number of hydrogen-bond donors (Lipinski definition) is 3. The SMILES string of the molecule is CC(C)(C)N(C(=O)O)[C@@H](Cc1ccccc1)C[C@H](O)[C@H](Cc1ccccc1)NC(=O)OCc1cncs1. The third-order valence-corrected chi connectivity index (χ3v) is 6.77. The molecule has 2 amide bonds. The number of carbonyl (C=O) groups is 2. The average molecular weight is 526 g/mol. The van der Waals surface area contributed by atoms with Gasteiger partial charge in [0.2, 0.25) is 0 Å². The minimum Gasteiger partial charge on any atom is -0.465 e. The number of ether oxygens (including phenoxy) is 1. The van der Waals surface area contributed by atoms with E-state index in [0.29, 0.717) is 12.8 Å². The number of amides is 2. The highest BCUT2D eigenvalue weighted by molar-refractivity contribution is 7.09. The van der Waals surface area contributed by atoms with Crippen LogP contribution in [0.15, 0.2) is 72.4 Å². The van der Waals surface area contributed by atoms with E-state index in [-0.39, 0.29) is 13.0 Å². The molecule has 0 bridgehead atoms. The van der Waals surface area contributed by atoms with Gasteiger partial charge >= 0.3 is 12.2 Å². The summed E-state index contributed by atoms with van der Waals surface area (Å²) in [6, 6.07) is 17.9. The highest BCUT2D eigenvalue weighted by atomic mass is 32.1. The van der Waals surface area contributed by atoms with Crippen LogP contribution in [0.2, 0.25) is 0 Å². The Balaban J connectivity index is 1.81. The molecule has 2 aromatic carbocycles. The van der Waals surface area contributed by atoms with Crippen LogP contribution in [0.25, 0.3) is 0 Å². The number of thiazole rings is 1. The van der Waals surface area contributed by atoms with Crippen molar-refractivity contribution in [3.8, 4) is 0 Å². The Bertz CT molecular complexity index is 1100. The number of aliphatic hydroxyl groups excluding tert-OH is 1. The molecular formula is C28H35N3O5S. The molecule has 3 atom stereocenters. The van der Waals surface area contributed by atoms with Crippen molar-refractivity contribution in [3.63, 3.8) is 0 Å². The second kappa shape index (κ2) is 13.2. The van der Waals surface area contributed by atoms with Crippen molar-refractivity contribution < 1.29 is 24.5 Å². The third-order valence-electron chi connectivity index (χ3n) is 6.02. The number of aromatic nitrogens is 1. The zero-order valence-corrected chi connectivity index (χ0v) is 22.2. The molecule has 198 valence electrons. The monoisotopic (exact) mass is 525 g/mol. The molecule has 1 heterocycles. The van der Waals surface area contributed by atoms with Crippen molar-refractivity contribution in [3.05, 3.63) is 88.4 Å².